The van der Waals surface area contributed by atoms with Gasteiger partial charge in [-0.15, -0.1) is 0 Å². The summed E-state index contributed by atoms with van der Waals surface area (Å²) in [6.07, 6.45) is 0.329. The van der Waals surface area contributed by atoms with Crippen LogP contribution in [0.25, 0.3) is 6.08 Å². The third-order valence-corrected chi connectivity index (χ3v) is 4.02. The summed E-state index contributed by atoms with van der Waals surface area (Å²) in [6, 6.07) is 15.9. The van der Waals surface area contributed by atoms with E-state index in [1.54, 1.807) is 49.6 Å². The average molecular weight is 394 g/mol. The maximum atomic E-state index is 12.3. The second kappa shape index (κ2) is 10.5. The van der Waals surface area contributed by atoms with E-state index >= 15 is 0 Å². The molecule has 0 spiro atoms. The molecule has 29 heavy (non-hydrogen) atoms. The Morgan fingerprint density at radius 2 is 1.79 bits per heavy atom. The van der Waals surface area contributed by atoms with Gasteiger partial charge in [-0.05, 0) is 48.4 Å². The van der Waals surface area contributed by atoms with Crippen molar-refractivity contribution in [2.75, 3.05) is 14.2 Å². The second-order valence-corrected chi connectivity index (χ2v) is 6.06. The summed E-state index contributed by atoms with van der Waals surface area (Å²) in [4.78, 5) is 24.5. The Labute approximate surface area is 169 Å². The fourth-order valence-electron chi connectivity index (χ4n) is 2.39. The van der Waals surface area contributed by atoms with Crippen LogP contribution in [0, 0.1) is 11.3 Å². The largest absolute Gasteiger partial charge is 0.497 e. The van der Waals surface area contributed by atoms with E-state index in [9.17, 15) is 14.9 Å². The minimum Gasteiger partial charge on any atom is -0.497 e. The highest BCUT2D eigenvalue weighted by atomic mass is 16.5. The predicted molar refractivity (Wildman–Crippen MR) is 107 cm³/mol. The van der Waals surface area contributed by atoms with Gasteiger partial charge in [0.2, 0.25) is 0 Å². The van der Waals surface area contributed by atoms with E-state index in [1.165, 1.54) is 20.1 Å². The fourth-order valence-corrected chi connectivity index (χ4v) is 2.39. The molecule has 0 radical (unpaired) electrons. The first-order valence-electron chi connectivity index (χ1n) is 8.84. The van der Waals surface area contributed by atoms with Gasteiger partial charge in [-0.25, -0.2) is 4.79 Å². The molecule has 0 aliphatic heterocycles. The van der Waals surface area contributed by atoms with Crippen molar-refractivity contribution in [1.29, 1.82) is 5.26 Å². The first kappa shape index (κ1) is 21.5. The van der Waals surface area contributed by atoms with Crippen LogP contribution in [-0.2, 0) is 20.9 Å². The number of nitrogens with one attached hydrogen (secondary N) is 1. The van der Waals surface area contributed by atoms with E-state index in [2.05, 4.69) is 5.32 Å². The van der Waals surface area contributed by atoms with Crippen LogP contribution in [0.1, 0.15) is 18.1 Å². The highest BCUT2D eigenvalue weighted by molar-refractivity contribution is 5.99. The van der Waals surface area contributed by atoms with Gasteiger partial charge in [0.1, 0.15) is 23.1 Å². The first-order valence-corrected chi connectivity index (χ1v) is 8.84. The third-order valence-electron chi connectivity index (χ3n) is 4.02. The monoisotopic (exact) mass is 394 g/mol. The minimum absolute atomic E-state index is 0.215. The number of carbonyl (C=O) groups excluding carboxylic acids is 2. The first-order chi connectivity index (χ1) is 14.0. The number of carbonyl (C=O) groups is 2. The van der Waals surface area contributed by atoms with Crippen LogP contribution < -0.4 is 14.8 Å². The molecule has 1 atom stereocenters. The summed E-state index contributed by atoms with van der Waals surface area (Å²) in [5.41, 5.74) is 1.26. The van der Waals surface area contributed by atoms with Crippen molar-refractivity contribution in [3.8, 4) is 17.6 Å². The van der Waals surface area contributed by atoms with Crippen molar-refractivity contribution in [3.05, 3.63) is 65.2 Å². The Balaban J connectivity index is 1.95. The summed E-state index contributed by atoms with van der Waals surface area (Å²) in [6.45, 7) is 1.72. The Morgan fingerprint density at radius 1 is 1.10 bits per heavy atom. The third kappa shape index (κ3) is 6.40. The Kier molecular flexibility index (Phi) is 7.80. The summed E-state index contributed by atoms with van der Waals surface area (Å²) in [7, 11) is 3.10. The molecule has 2 rings (SSSR count). The number of hydrogen-bond donors (Lipinski definition) is 1. The van der Waals surface area contributed by atoms with Crippen LogP contribution in [0.2, 0.25) is 0 Å². The molecule has 2 aromatic carbocycles. The van der Waals surface area contributed by atoms with Crippen LogP contribution in [0.3, 0.4) is 0 Å². The smallest absolute Gasteiger partial charge is 0.349 e. The van der Waals surface area contributed by atoms with Gasteiger partial charge in [-0.1, -0.05) is 24.3 Å². The molecule has 0 unspecified atom stereocenters. The van der Waals surface area contributed by atoms with E-state index in [0.29, 0.717) is 17.1 Å². The molecule has 0 saturated carbocycles. The number of esters is 1. The van der Waals surface area contributed by atoms with Crippen LogP contribution >= 0.6 is 0 Å². The van der Waals surface area contributed by atoms with Gasteiger partial charge in [0.05, 0.1) is 14.2 Å². The summed E-state index contributed by atoms with van der Waals surface area (Å²) < 4.78 is 15.3. The quantitative estimate of drug-likeness (QED) is 0.420. The van der Waals surface area contributed by atoms with Crippen molar-refractivity contribution >= 4 is 18.0 Å². The Bertz CT molecular complexity index is 929. The standard InChI is InChI=1S/C22H22N2O5/c1-15(21(25)24-14-16-7-9-19(27-2)10-8-16)29-22(26)18(13-23)11-17-5-4-6-20(12-17)28-3/h4-12,15H,14H2,1-3H3,(H,24,25)/b18-11+/t15-/m0/s1. The van der Waals surface area contributed by atoms with E-state index in [4.69, 9.17) is 14.2 Å². The molecule has 0 aliphatic carbocycles. The summed E-state index contributed by atoms with van der Waals surface area (Å²) >= 11 is 0. The number of nitrogens with zero attached hydrogens (tertiary/aromatic N) is 1. The van der Waals surface area contributed by atoms with Gasteiger partial charge in [0.15, 0.2) is 6.10 Å². The molecule has 0 fully saturated rings. The van der Waals surface area contributed by atoms with Crippen molar-refractivity contribution < 1.29 is 23.8 Å². The van der Waals surface area contributed by atoms with Gasteiger partial charge in [0, 0.05) is 6.54 Å². The lowest BCUT2D eigenvalue weighted by atomic mass is 10.1. The van der Waals surface area contributed by atoms with Crippen LogP contribution in [0.4, 0.5) is 0 Å². The van der Waals surface area contributed by atoms with Gasteiger partial charge >= 0.3 is 5.97 Å². The molecule has 0 heterocycles. The molecule has 1 N–H and O–H groups in total. The van der Waals surface area contributed by atoms with Crippen molar-refractivity contribution in [3.63, 3.8) is 0 Å². The minimum atomic E-state index is -1.05. The molecular weight excluding hydrogens is 372 g/mol. The molecule has 1 amide bonds. The maximum absolute atomic E-state index is 12.3. The van der Waals surface area contributed by atoms with E-state index < -0.39 is 18.0 Å². The molecule has 0 saturated heterocycles. The molecule has 2 aromatic rings. The molecule has 7 nitrogen and oxygen atoms in total. The highest BCUT2D eigenvalue weighted by Gasteiger charge is 2.20. The van der Waals surface area contributed by atoms with Crippen molar-refractivity contribution in [2.45, 2.75) is 19.6 Å². The Hall–Kier alpha value is -3.79. The van der Waals surface area contributed by atoms with Gasteiger partial charge in [-0.2, -0.15) is 5.26 Å². The van der Waals surface area contributed by atoms with Crippen molar-refractivity contribution in [1.82, 2.24) is 5.32 Å². The number of ether oxygens (including phenoxy) is 3. The lowest BCUT2D eigenvalue weighted by molar-refractivity contribution is -0.150. The molecular formula is C22H22N2O5. The zero-order chi connectivity index (χ0) is 21.2. The van der Waals surface area contributed by atoms with Gasteiger partial charge in [-0.3, -0.25) is 4.79 Å². The van der Waals surface area contributed by atoms with Crippen molar-refractivity contribution in [2.24, 2.45) is 0 Å². The normalized spacial score (nSPS) is 11.7. The fraction of sp³-hybridized carbons (Fsp3) is 0.227. The molecule has 0 aromatic heterocycles. The van der Waals surface area contributed by atoms with E-state index in [-0.39, 0.29) is 12.1 Å². The van der Waals surface area contributed by atoms with E-state index in [0.717, 1.165) is 5.56 Å². The molecule has 7 heteroatoms. The number of nitriles is 1. The number of methoxy groups -OCH3 is 2. The second-order valence-electron chi connectivity index (χ2n) is 6.06. The topological polar surface area (TPSA) is 97.6 Å². The van der Waals surface area contributed by atoms with Crippen LogP contribution in [0.5, 0.6) is 11.5 Å². The zero-order valence-electron chi connectivity index (χ0n) is 16.5. The molecule has 0 aliphatic rings. The zero-order valence-corrected chi connectivity index (χ0v) is 16.5. The summed E-state index contributed by atoms with van der Waals surface area (Å²) in [5.74, 6) is -0.0276. The number of benzene rings is 2. The lowest BCUT2D eigenvalue weighted by Gasteiger charge is -2.13. The number of rotatable bonds is 8. The number of amides is 1. The molecule has 0 bridgehead atoms. The average Bonchev–Trinajstić information content (AvgIpc) is 2.76. The summed E-state index contributed by atoms with van der Waals surface area (Å²) in [5, 5.41) is 12.0. The molecule has 150 valence electrons. The van der Waals surface area contributed by atoms with Crippen LogP contribution in [-0.4, -0.2) is 32.2 Å². The number of hydrogen-bond acceptors (Lipinski definition) is 6. The maximum Gasteiger partial charge on any atom is 0.349 e. The lowest BCUT2D eigenvalue weighted by Crippen LogP contribution is -2.35. The predicted octanol–water partition coefficient (Wildman–Crippen LogP) is 2.86. The SMILES string of the molecule is COc1ccc(CNC(=O)[C@H](C)OC(=O)/C(C#N)=C/c2cccc(OC)c2)cc1. The van der Waals surface area contributed by atoms with E-state index in [1.807, 2.05) is 12.1 Å². The Morgan fingerprint density at radius 3 is 2.41 bits per heavy atom. The van der Waals surface area contributed by atoms with Gasteiger partial charge in [0.25, 0.3) is 5.91 Å². The van der Waals surface area contributed by atoms with Crippen LogP contribution in [0.15, 0.2) is 54.1 Å². The van der Waals surface area contributed by atoms with Gasteiger partial charge < -0.3 is 19.5 Å². The highest BCUT2D eigenvalue weighted by Crippen LogP contribution is 2.16.